The monoisotopic (exact) mass is 287 g/mol. The zero-order valence-electron chi connectivity index (χ0n) is 10.9. The van der Waals surface area contributed by atoms with Gasteiger partial charge in [-0.25, -0.2) is 0 Å². The number of alkyl halides is 3. The molecule has 1 N–H and O–H groups in total. The van der Waals surface area contributed by atoms with Crippen LogP contribution in [0.5, 0.6) is 0 Å². The maximum Gasteiger partial charge on any atom is 0.401 e. The number of carboxylic acids is 1. The molecule has 0 saturated heterocycles. The van der Waals surface area contributed by atoms with E-state index in [2.05, 4.69) is 0 Å². The third-order valence-corrected chi connectivity index (χ3v) is 3.23. The zero-order valence-corrected chi connectivity index (χ0v) is 10.9. The third-order valence-electron chi connectivity index (χ3n) is 3.23. The lowest BCUT2D eigenvalue weighted by atomic mass is 10.0. The molecule has 0 aliphatic heterocycles. The summed E-state index contributed by atoms with van der Waals surface area (Å²) in [5.41, 5.74) is 1.84. The second-order valence-electron chi connectivity index (χ2n) is 5.13. The van der Waals surface area contributed by atoms with Crippen LogP contribution in [0.1, 0.15) is 29.9 Å². The van der Waals surface area contributed by atoms with Crippen molar-refractivity contribution in [2.45, 2.75) is 31.5 Å². The molecule has 0 atom stereocenters. The normalized spacial score (nSPS) is 15.6. The van der Waals surface area contributed by atoms with Crippen molar-refractivity contribution >= 4 is 5.97 Å². The van der Waals surface area contributed by atoms with Crippen molar-refractivity contribution in [2.75, 3.05) is 13.1 Å². The number of hydrogen-bond acceptors (Lipinski definition) is 2. The first kappa shape index (κ1) is 14.8. The maximum atomic E-state index is 12.5. The van der Waals surface area contributed by atoms with E-state index in [4.69, 9.17) is 5.11 Å². The zero-order chi connectivity index (χ0) is 14.8. The Labute approximate surface area is 115 Å². The molecule has 0 amide bonds. The highest BCUT2D eigenvalue weighted by molar-refractivity contribution is 5.69. The summed E-state index contributed by atoms with van der Waals surface area (Å²) in [5, 5.41) is 8.74. The molecule has 0 aromatic heterocycles. The Morgan fingerprint density at radius 2 is 1.95 bits per heavy atom. The summed E-state index contributed by atoms with van der Waals surface area (Å²) in [7, 11) is 0. The van der Waals surface area contributed by atoms with Crippen LogP contribution in [-0.4, -0.2) is 35.2 Å². The molecular formula is C14H16F3NO2. The second kappa shape index (κ2) is 5.83. The number of carboxylic acid groups (broad SMARTS) is 1. The minimum Gasteiger partial charge on any atom is -0.480 e. The summed E-state index contributed by atoms with van der Waals surface area (Å²) < 4.78 is 37.5. The van der Waals surface area contributed by atoms with E-state index in [9.17, 15) is 18.0 Å². The average molecular weight is 287 g/mol. The highest BCUT2D eigenvalue weighted by Crippen LogP contribution is 2.41. The van der Waals surface area contributed by atoms with E-state index < -0.39 is 25.2 Å². The van der Waals surface area contributed by atoms with Crippen LogP contribution < -0.4 is 0 Å². The second-order valence-corrected chi connectivity index (χ2v) is 5.13. The van der Waals surface area contributed by atoms with Crippen LogP contribution >= 0.6 is 0 Å². The van der Waals surface area contributed by atoms with Crippen molar-refractivity contribution in [2.24, 2.45) is 0 Å². The molecule has 0 radical (unpaired) electrons. The summed E-state index contributed by atoms with van der Waals surface area (Å²) >= 11 is 0. The number of nitrogens with zero attached hydrogens (tertiary/aromatic N) is 1. The number of hydrogen-bond donors (Lipinski definition) is 1. The molecule has 1 fully saturated rings. The Bertz CT molecular complexity index is 484. The van der Waals surface area contributed by atoms with Gasteiger partial charge in [-0.2, -0.15) is 13.2 Å². The minimum absolute atomic E-state index is 0.0124. The molecule has 1 aliphatic rings. The van der Waals surface area contributed by atoms with E-state index in [1.165, 1.54) is 0 Å². The molecule has 1 aromatic carbocycles. The van der Waals surface area contributed by atoms with Gasteiger partial charge < -0.3 is 5.11 Å². The van der Waals surface area contributed by atoms with Gasteiger partial charge in [0.2, 0.25) is 0 Å². The van der Waals surface area contributed by atoms with E-state index >= 15 is 0 Å². The molecule has 0 spiro atoms. The third kappa shape index (κ3) is 4.52. The Morgan fingerprint density at radius 1 is 1.30 bits per heavy atom. The lowest BCUT2D eigenvalue weighted by Crippen LogP contribution is -2.37. The molecular weight excluding hydrogens is 271 g/mol. The first-order valence-corrected chi connectivity index (χ1v) is 6.44. The molecule has 1 aliphatic carbocycles. The molecule has 3 nitrogen and oxygen atoms in total. The van der Waals surface area contributed by atoms with Crippen molar-refractivity contribution in [1.29, 1.82) is 0 Å². The standard InChI is InChI=1S/C14H16F3NO2/c15-14(16,17)9-18(8-13(19)20)7-11-3-1-2-4-12(11)10-5-6-10/h1-4,10H,5-9H2,(H,19,20). The molecule has 20 heavy (non-hydrogen) atoms. The van der Waals surface area contributed by atoms with Gasteiger partial charge in [0.05, 0.1) is 13.1 Å². The molecule has 0 heterocycles. The topological polar surface area (TPSA) is 40.5 Å². The van der Waals surface area contributed by atoms with E-state index in [1.54, 1.807) is 12.1 Å². The van der Waals surface area contributed by atoms with Gasteiger partial charge in [-0.3, -0.25) is 9.69 Å². The number of benzene rings is 1. The van der Waals surface area contributed by atoms with Crippen molar-refractivity contribution in [3.8, 4) is 0 Å². The first-order valence-electron chi connectivity index (χ1n) is 6.44. The number of halogens is 3. The quantitative estimate of drug-likeness (QED) is 0.874. The van der Waals surface area contributed by atoms with Gasteiger partial charge >= 0.3 is 12.1 Å². The van der Waals surface area contributed by atoms with Gasteiger partial charge in [0.25, 0.3) is 0 Å². The van der Waals surface area contributed by atoms with Crippen LogP contribution in [0.4, 0.5) is 13.2 Å². The fourth-order valence-corrected chi connectivity index (χ4v) is 2.32. The largest absolute Gasteiger partial charge is 0.480 e. The average Bonchev–Trinajstić information content (AvgIpc) is 3.10. The Kier molecular flexibility index (Phi) is 4.32. The summed E-state index contributed by atoms with van der Waals surface area (Å²) in [5.74, 6) is -0.832. The number of rotatable bonds is 6. The SMILES string of the molecule is O=C(O)CN(Cc1ccccc1C1CC1)CC(F)(F)F. The molecule has 1 saturated carbocycles. The van der Waals surface area contributed by atoms with Crippen molar-refractivity contribution in [1.82, 2.24) is 4.90 Å². The number of carbonyl (C=O) groups is 1. The first-order chi connectivity index (χ1) is 9.35. The predicted molar refractivity (Wildman–Crippen MR) is 67.4 cm³/mol. The lowest BCUT2D eigenvalue weighted by molar-refractivity contribution is -0.154. The Balaban J connectivity index is 2.12. The maximum absolute atomic E-state index is 12.5. The minimum atomic E-state index is -4.40. The van der Waals surface area contributed by atoms with Crippen LogP contribution in [-0.2, 0) is 11.3 Å². The lowest BCUT2D eigenvalue weighted by Gasteiger charge is -2.23. The van der Waals surface area contributed by atoms with Gasteiger partial charge in [0.15, 0.2) is 0 Å². The highest BCUT2D eigenvalue weighted by Gasteiger charge is 2.32. The number of aliphatic carboxylic acids is 1. The highest BCUT2D eigenvalue weighted by atomic mass is 19.4. The summed E-state index contributed by atoms with van der Waals surface area (Å²) in [6, 6.07) is 7.33. The Morgan fingerprint density at radius 3 is 2.50 bits per heavy atom. The molecule has 0 bridgehead atoms. The van der Waals surface area contributed by atoms with Gasteiger partial charge in [-0.05, 0) is 29.9 Å². The molecule has 0 unspecified atom stereocenters. The van der Waals surface area contributed by atoms with Crippen molar-refractivity contribution in [3.05, 3.63) is 35.4 Å². The van der Waals surface area contributed by atoms with Crippen LogP contribution in [0.15, 0.2) is 24.3 Å². The smallest absolute Gasteiger partial charge is 0.401 e. The van der Waals surface area contributed by atoms with E-state index in [0.717, 1.165) is 28.9 Å². The molecule has 1 aromatic rings. The van der Waals surface area contributed by atoms with Gasteiger partial charge in [0, 0.05) is 6.54 Å². The van der Waals surface area contributed by atoms with Gasteiger partial charge in [-0.15, -0.1) is 0 Å². The van der Waals surface area contributed by atoms with Crippen LogP contribution in [0.25, 0.3) is 0 Å². The fraction of sp³-hybridized carbons (Fsp3) is 0.500. The van der Waals surface area contributed by atoms with Crippen LogP contribution in [0.2, 0.25) is 0 Å². The molecule has 2 rings (SSSR count). The predicted octanol–water partition coefficient (Wildman–Crippen LogP) is 3.01. The summed E-state index contributed by atoms with van der Waals surface area (Å²) in [6.45, 7) is -1.81. The van der Waals surface area contributed by atoms with Gasteiger partial charge in [0.1, 0.15) is 0 Å². The molecule has 6 heteroatoms. The van der Waals surface area contributed by atoms with E-state index in [-0.39, 0.29) is 6.54 Å². The molecule has 110 valence electrons. The van der Waals surface area contributed by atoms with Crippen LogP contribution in [0.3, 0.4) is 0 Å². The summed E-state index contributed by atoms with van der Waals surface area (Å²) in [6.07, 6.45) is -2.30. The van der Waals surface area contributed by atoms with Crippen molar-refractivity contribution < 1.29 is 23.1 Å². The van der Waals surface area contributed by atoms with E-state index in [1.807, 2.05) is 12.1 Å². The Hall–Kier alpha value is -1.56. The van der Waals surface area contributed by atoms with E-state index in [0.29, 0.717) is 5.92 Å². The van der Waals surface area contributed by atoms with Crippen LogP contribution in [0, 0.1) is 0 Å². The summed E-state index contributed by atoms with van der Waals surface area (Å²) in [4.78, 5) is 11.6. The fourth-order valence-electron chi connectivity index (χ4n) is 2.32. The van der Waals surface area contributed by atoms with Gasteiger partial charge in [-0.1, -0.05) is 24.3 Å². The van der Waals surface area contributed by atoms with Crippen molar-refractivity contribution in [3.63, 3.8) is 0 Å².